The number of carboxylic acids is 2. The highest BCUT2D eigenvalue weighted by Gasteiger charge is 2.29. The second kappa shape index (κ2) is 50.5. The number of halogens is 7. The van der Waals surface area contributed by atoms with Crippen molar-refractivity contribution in [3.63, 3.8) is 0 Å². The largest absolute Gasteiger partial charge is 0.497 e. The zero-order chi connectivity index (χ0) is 92.0. The van der Waals surface area contributed by atoms with Gasteiger partial charge in [0, 0.05) is 146 Å². The van der Waals surface area contributed by atoms with Crippen molar-refractivity contribution in [3.8, 4) is 51.4 Å². The van der Waals surface area contributed by atoms with Crippen LogP contribution in [0.1, 0.15) is 147 Å². The van der Waals surface area contributed by atoms with Crippen LogP contribution in [0.15, 0.2) is 166 Å². The smallest absolute Gasteiger partial charge is 0.352 e. The molecule has 3 aliphatic rings. The van der Waals surface area contributed by atoms with Crippen LogP contribution >= 0.6 is 132 Å². The monoisotopic (exact) mass is 2160 g/mol. The highest BCUT2D eigenvalue weighted by molar-refractivity contribution is 9.11. The van der Waals surface area contributed by atoms with Crippen LogP contribution in [0.25, 0.3) is 28.1 Å². The van der Waals surface area contributed by atoms with Gasteiger partial charge in [0.15, 0.2) is 11.6 Å². The normalized spacial score (nSPS) is 11.8. The summed E-state index contributed by atoms with van der Waals surface area (Å²) in [5.41, 5.74) is 17.6. The zero-order valence-electron chi connectivity index (χ0n) is 71.6. The number of thioether (sulfide) groups is 1. The SMILES string of the molecule is COC(=O)/C=C/c1cc(Br)cc(OC)c1.COC(=O)CCc1cc(Br)cc(OC)c1.COc1cc(Br)c2c(c1)CCC2=O.COc1cc(Br)cc(C=O)c1.COc1cc(Br)cc(CCC(=O)O)c1.COc1cc(Br)cc2c1C(=O)CC2.Cc1c(C(=O)O)n(CCCOc2ccc3c(c2)CCC3)c2ccc(Cl)c(-c3c(CSCc4cc(CS)n(C)n4)nn(C)c3C)c12. The van der Waals surface area contributed by atoms with Gasteiger partial charge in [0.1, 0.15) is 52.2 Å². The number of aliphatic carboxylic acids is 1. The number of ketones is 2. The van der Waals surface area contributed by atoms with Crippen LogP contribution in [0.5, 0.6) is 40.2 Å². The minimum absolute atomic E-state index is 0.138. The number of aromatic carboxylic acids is 1. The Morgan fingerprint density at radius 3 is 1.67 bits per heavy atom. The van der Waals surface area contributed by atoms with E-state index < -0.39 is 11.9 Å². The van der Waals surface area contributed by atoms with E-state index in [1.807, 2.05) is 139 Å². The lowest BCUT2D eigenvalue weighted by Crippen LogP contribution is -2.12. The van der Waals surface area contributed by atoms with E-state index in [-0.39, 0.29) is 35.6 Å². The Bertz CT molecular complexity index is 5760. The first-order valence-corrected chi connectivity index (χ1v) is 46.4. The Balaban J connectivity index is 0.000000200. The lowest BCUT2D eigenvalue weighted by Gasteiger charge is -2.12. The third-order valence-electron chi connectivity index (χ3n) is 20.2. The molecule has 14 rings (SSSR count). The summed E-state index contributed by atoms with van der Waals surface area (Å²) in [6, 6.07) is 41.9. The second-order valence-corrected chi connectivity index (χ2v) is 35.7. The molecule has 0 bridgehead atoms. The van der Waals surface area contributed by atoms with Gasteiger partial charge in [-0.05, 0) is 259 Å². The first kappa shape index (κ1) is 102. The Labute approximate surface area is 798 Å². The van der Waals surface area contributed by atoms with Crippen LogP contribution in [-0.4, -0.2) is 140 Å². The quantitative estimate of drug-likeness (QED) is 0.0142. The van der Waals surface area contributed by atoms with Crippen LogP contribution < -0.4 is 33.2 Å². The highest BCUT2D eigenvalue weighted by Crippen LogP contribution is 2.44. The highest BCUT2D eigenvalue weighted by atomic mass is 79.9. The maximum atomic E-state index is 12.7. The van der Waals surface area contributed by atoms with Crippen molar-refractivity contribution in [3.05, 3.63) is 261 Å². The molecule has 3 aromatic heterocycles. The number of aldehydes is 1. The first-order valence-electron chi connectivity index (χ1n) is 39.5. The summed E-state index contributed by atoms with van der Waals surface area (Å²) in [5, 5.41) is 29.8. The lowest BCUT2D eigenvalue weighted by atomic mass is 9.97. The van der Waals surface area contributed by atoms with Crippen LogP contribution in [0.4, 0.5) is 0 Å². The molecule has 8 aromatic carbocycles. The minimum Gasteiger partial charge on any atom is -0.497 e. The lowest BCUT2D eigenvalue weighted by molar-refractivity contribution is -0.140. The molecular formula is C94H98Br6ClN5O18S2. The van der Waals surface area contributed by atoms with Gasteiger partial charge in [-0.2, -0.15) is 22.8 Å². The number of hydrogen-bond donors (Lipinski definition) is 3. The summed E-state index contributed by atoms with van der Waals surface area (Å²) in [6.07, 6.45) is 12.5. The van der Waals surface area contributed by atoms with E-state index in [1.54, 1.807) is 78.7 Å². The van der Waals surface area contributed by atoms with E-state index in [1.165, 1.54) is 37.8 Å². The number of esters is 2. The molecule has 0 radical (unpaired) electrons. The number of nitrogens with zero attached hydrogens (tertiary/aromatic N) is 5. The second-order valence-electron chi connectivity index (χ2n) is 28.6. The number of carboxylic acid groups (broad SMARTS) is 2. The summed E-state index contributed by atoms with van der Waals surface area (Å²) in [6.45, 7) is 4.91. The Morgan fingerprint density at radius 2 is 1.10 bits per heavy atom. The number of carbonyl (C=O) groups is 7. The molecule has 32 heteroatoms. The fraction of sp³-hybridized carbons (Fsp3) is 0.309. The van der Waals surface area contributed by atoms with E-state index >= 15 is 0 Å². The first-order chi connectivity index (χ1) is 60.3. The van der Waals surface area contributed by atoms with Crippen LogP contribution in [0, 0.1) is 13.8 Å². The van der Waals surface area contributed by atoms with Gasteiger partial charge in [0.25, 0.3) is 0 Å². The zero-order valence-corrected chi connectivity index (χ0v) is 83.6. The van der Waals surface area contributed by atoms with E-state index in [0.717, 1.165) is 177 Å². The summed E-state index contributed by atoms with van der Waals surface area (Å²) in [5.74, 6) is 5.42. The van der Waals surface area contributed by atoms with Crippen molar-refractivity contribution in [2.75, 3.05) is 63.5 Å². The summed E-state index contributed by atoms with van der Waals surface area (Å²) in [4.78, 5) is 78.1. The molecule has 0 aliphatic heterocycles. The number of aromatic nitrogens is 5. The molecule has 11 aromatic rings. The van der Waals surface area contributed by atoms with Gasteiger partial charge in [-0.3, -0.25) is 33.3 Å². The van der Waals surface area contributed by atoms with Gasteiger partial charge in [0.2, 0.25) is 0 Å². The van der Waals surface area contributed by atoms with Crippen molar-refractivity contribution in [1.82, 2.24) is 24.1 Å². The molecule has 668 valence electrons. The van der Waals surface area contributed by atoms with E-state index in [9.17, 15) is 38.7 Å². The molecule has 0 fully saturated rings. The van der Waals surface area contributed by atoms with Gasteiger partial charge in [-0.15, -0.1) is 11.8 Å². The molecule has 0 saturated heterocycles. The van der Waals surface area contributed by atoms with E-state index in [4.69, 9.17) is 55.0 Å². The Morgan fingerprint density at radius 1 is 0.548 bits per heavy atom. The fourth-order valence-electron chi connectivity index (χ4n) is 14.0. The van der Waals surface area contributed by atoms with Gasteiger partial charge in [0.05, 0.1) is 80.4 Å². The van der Waals surface area contributed by atoms with Crippen molar-refractivity contribution in [2.24, 2.45) is 14.1 Å². The van der Waals surface area contributed by atoms with Crippen molar-refractivity contribution < 1.29 is 86.4 Å². The van der Waals surface area contributed by atoms with Crippen molar-refractivity contribution in [2.45, 2.75) is 115 Å². The molecule has 2 N–H and O–H groups in total. The van der Waals surface area contributed by atoms with Gasteiger partial charge in [-0.25, -0.2) is 9.59 Å². The van der Waals surface area contributed by atoms with Crippen LogP contribution in [0.2, 0.25) is 5.02 Å². The third kappa shape index (κ3) is 29.4. The molecule has 3 aliphatic carbocycles. The maximum Gasteiger partial charge on any atom is 0.352 e. The Kier molecular flexibility index (Phi) is 41.0. The molecule has 126 heavy (non-hydrogen) atoms. The molecule has 0 atom stereocenters. The fourth-order valence-corrected chi connectivity index (χ4v) is 18.6. The molecule has 23 nitrogen and oxygen atoms in total. The molecular weight excluding hydrogens is 2070 g/mol. The topological polar surface area (TPSA) is 284 Å². The average molecular weight is 2160 g/mol. The number of hydrogen-bond acceptors (Lipinski definition) is 20. The molecule has 0 spiro atoms. The number of carbonyl (C=O) groups excluding carboxylic acids is 5. The van der Waals surface area contributed by atoms with E-state index in [0.29, 0.717) is 90.8 Å². The molecule has 3 heterocycles. The number of Topliss-reactive ketones (excluding diaryl/α,β-unsaturated/α-hetero) is 2. The van der Waals surface area contributed by atoms with Gasteiger partial charge >= 0.3 is 23.9 Å². The number of rotatable bonds is 27. The maximum absolute atomic E-state index is 12.7. The summed E-state index contributed by atoms with van der Waals surface area (Å²) < 4.78 is 56.7. The number of methoxy groups -OCH3 is 8. The average Bonchev–Trinajstić information content (AvgIpc) is 1.58. The van der Waals surface area contributed by atoms with Crippen molar-refractivity contribution in [1.29, 1.82) is 0 Å². The minimum atomic E-state index is -0.958. The van der Waals surface area contributed by atoms with E-state index in [2.05, 4.69) is 141 Å². The summed E-state index contributed by atoms with van der Waals surface area (Å²) in [7, 11) is 16.2. The number of thiol groups is 1. The Hall–Kier alpha value is -9.18. The van der Waals surface area contributed by atoms with Crippen LogP contribution in [0.3, 0.4) is 0 Å². The molecule has 0 amide bonds. The molecule has 0 unspecified atom stereocenters. The van der Waals surface area contributed by atoms with Crippen molar-refractivity contribution >= 4 is 190 Å². The standard InChI is InChI=1S/C34H38ClN5O3S2.C11H13BrO3.C11H11BrO3.C10H11BrO3.2C10H9BrO2.C8H7BrO2/c1-20-30-29(40(33(20)34(41)42)13-6-14-43-26-10-9-22-7-5-8-23(22)15-26)12-11-27(35)32(30)31-21(2)38(3)37-28(31)19-45-18-24-16-25(17-44)39(4)36-24;2*1-14-10-6-8(5-9(12)7-10)3-4-11(13)15-2;1-14-9-5-7(2-3-10(12)13)4-8(11)6-9;1-13-7-4-6-2-3-9(12)10(6)8(11)5-7;1-13-9-5-7(11)4-6-2-3-8(12)10(6)9;1-11-8-3-6(5-10)2-7(9)4-8/h9-12,15-16,44H,5-8,13-14,17-19H2,1-4H3,(H,41,42);5-7H,3-4H2,1-2H3;3-7H,1-2H3;4-6H,2-3H2,1H3,(H,12,13);2*4-5H,2-3H2,1H3;2-5H,1H3/b;;4-3+;;;;. The predicted molar refractivity (Wildman–Crippen MR) is 517 cm³/mol. The number of aryl methyl sites for hydroxylation is 10. The number of benzene rings is 8. The third-order valence-corrected chi connectivity index (χ3v) is 24.7. The number of ether oxygens (including phenoxy) is 9. The van der Waals surface area contributed by atoms with Gasteiger partial charge < -0.3 is 57.4 Å². The molecule has 0 saturated carbocycles. The van der Waals surface area contributed by atoms with Gasteiger partial charge in [-0.1, -0.05) is 97.3 Å². The number of fused-ring (bicyclic) bond motifs is 4. The predicted octanol–water partition coefficient (Wildman–Crippen LogP) is 22.7. The summed E-state index contributed by atoms with van der Waals surface area (Å²) >= 11 is 33.2. The van der Waals surface area contributed by atoms with Crippen LogP contribution in [-0.2, 0) is 100 Å².